The molecule has 1 aliphatic rings. The van der Waals surface area contributed by atoms with E-state index in [1.165, 1.54) is 11.3 Å². The molecule has 0 radical (unpaired) electrons. The summed E-state index contributed by atoms with van der Waals surface area (Å²) in [7, 11) is 0. The predicted molar refractivity (Wildman–Crippen MR) is 147 cm³/mol. The van der Waals surface area contributed by atoms with Crippen LogP contribution in [0.15, 0.2) is 54.9 Å². The van der Waals surface area contributed by atoms with E-state index in [9.17, 15) is 4.79 Å². The van der Waals surface area contributed by atoms with E-state index in [1.807, 2.05) is 54.0 Å². The standard InChI is InChI=1S/C28H28N6O2S/c1-16-13-23(36-20-9-4-3-5-10-20)31-15-22(16)34-17(2)32-25-24-21(34)11-12-30-28(24)37-26(25)27(35)33-19-8-6-7-18(29)14-19/h3-5,9-13,15,18-19,32H,2,6-8,14,29H2,1H3,(H,33,35). The fourth-order valence-electron chi connectivity index (χ4n) is 5.12. The first-order chi connectivity index (χ1) is 18.0. The van der Waals surface area contributed by atoms with Gasteiger partial charge in [-0.1, -0.05) is 24.8 Å². The number of hydrogen-bond acceptors (Lipinski definition) is 6. The molecule has 1 amide bonds. The fourth-order valence-corrected chi connectivity index (χ4v) is 6.15. The first-order valence-electron chi connectivity index (χ1n) is 12.4. The summed E-state index contributed by atoms with van der Waals surface area (Å²) < 4.78 is 7.93. The lowest BCUT2D eigenvalue weighted by Crippen LogP contribution is -2.42. The van der Waals surface area contributed by atoms with Gasteiger partial charge in [-0.05, 0) is 56.4 Å². The number of nitrogens with zero attached hydrogens (tertiary/aromatic N) is 3. The smallest absolute Gasteiger partial charge is 0.263 e. The zero-order chi connectivity index (χ0) is 25.5. The summed E-state index contributed by atoms with van der Waals surface area (Å²) in [6.07, 6.45) is 7.35. The molecule has 4 aromatic heterocycles. The van der Waals surface area contributed by atoms with Gasteiger partial charge < -0.3 is 20.8 Å². The Balaban J connectivity index is 1.39. The van der Waals surface area contributed by atoms with E-state index in [2.05, 4.69) is 26.8 Å². The van der Waals surface area contributed by atoms with E-state index in [4.69, 9.17) is 10.5 Å². The maximum atomic E-state index is 13.3. The summed E-state index contributed by atoms with van der Waals surface area (Å²) in [5.74, 6) is 1.14. The molecule has 4 heterocycles. The third-order valence-corrected chi connectivity index (χ3v) is 7.97. The van der Waals surface area contributed by atoms with Gasteiger partial charge >= 0.3 is 0 Å². The molecule has 0 bridgehead atoms. The van der Waals surface area contributed by atoms with Crippen LogP contribution >= 0.6 is 11.3 Å². The number of aromatic amines is 1. The number of para-hydroxylation sites is 1. The Labute approximate surface area is 217 Å². The minimum atomic E-state index is -0.0999. The van der Waals surface area contributed by atoms with Crippen molar-refractivity contribution in [1.29, 1.82) is 0 Å². The molecule has 9 heteroatoms. The molecule has 2 atom stereocenters. The third kappa shape index (κ3) is 4.41. The van der Waals surface area contributed by atoms with Crippen molar-refractivity contribution in [1.82, 2.24) is 24.8 Å². The molecular formula is C28H28N6O2S. The number of benzene rings is 1. The minimum absolute atomic E-state index is 0.0923. The number of nitrogens with one attached hydrogen (secondary N) is 2. The van der Waals surface area contributed by atoms with Gasteiger partial charge in [0.05, 0.1) is 28.3 Å². The van der Waals surface area contributed by atoms with Crippen LogP contribution < -0.4 is 21.3 Å². The molecule has 188 valence electrons. The van der Waals surface area contributed by atoms with Crippen LogP contribution in [0.1, 0.15) is 40.9 Å². The zero-order valence-corrected chi connectivity index (χ0v) is 21.3. The number of carbonyl (C=O) groups excluding carboxylic acids is 1. The van der Waals surface area contributed by atoms with Crippen LogP contribution in [-0.2, 0) is 0 Å². The van der Waals surface area contributed by atoms with Gasteiger partial charge in [-0.15, -0.1) is 11.3 Å². The molecule has 8 nitrogen and oxygen atoms in total. The van der Waals surface area contributed by atoms with E-state index in [0.717, 1.165) is 63.9 Å². The van der Waals surface area contributed by atoms with Gasteiger partial charge in [-0.2, -0.15) is 0 Å². The average Bonchev–Trinajstić information content (AvgIpc) is 3.25. The fraction of sp³-hybridized carbons (Fsp3) is 0.250. The molecule has 1 fully saturated rings. The maximum Gasteiger partial charge on any atom is 0.263 e. The lowest BCUT2D eigenvalue weighted by molar-refractivity contribution is 0.0931. The largest absolute Gasteiger partial charge is 0.439 e. The van der Waals surface area contributed by atoms with Crippen molar-refractivity contribution in [2.24, 2.45) is 5.73 Å². The normalized spacial score (nSPS) is 17.8. The molecule has 0 saturated heterocycles. The second-order valence-corrected chi connectivity index (χ2v) is 10.5. The second-order valence-electron chi connectivity index (χ2n) is 9.54. The number of amides is 1. The Morgan fingerprint density at radius 2 is 2.08 bits per heavy atom. The summed E-state index contributed by atoms with van der Waals surface area (Å²) in [5, 5.41) is 4.09. The summed E-state index contributed by atoms with van der Waals surface area (Å²) in [6, 6.07) is 13.7. The van der Waals surface area contributed by atoms with E-state index in [1.54, 1.807) is 12.4 Å². The zero-order valence-electron chi connectivity index (χ0n) is 20.5. The van der Waals surface area contributed by atoms with Crippen molar-refractivity contribution >= 4 is 45.1 Å². The van der Waals surface area contributed by atoms with Crippen LogP contribution in [0.4, 0.5) is 0 Å². The van der Waals surface area contributed by atoms with Gasteiger partial charge in [0.15, 0.2) is 0 Å². The number of rotatable bonds is 5. The van der Waals surface area contributed by atoms with Crippen LogP contribution in [-0.4, -0.2) is 37.5 Å². The molecule has 1 aromatic carbocycles. The topological polar surface area (TPSA) is 111 Å². The number of H-pyrrole nitrogens is 1. The molecule has 0 spiro atoms. The molecule has 1 saturated carbocycles. The van der Waals surface area contributed by atoms with E-state index < -0.39 is 0 Å². The van der Waals surface area contributed by atoms with Crippen LogP contribution in [0, 0.1) is 6.92 Å². The summed E-state index contributed by atoms with van der Waals surface area (Å²) in [4.78, 5) is 27.2. The number of carbonyl (C=O) groups is 1. The second kappa shape index (κ2) is 9.49. The molecule has 2 unspecified atom stereocenters. The minimum Gasteiger partial charge on any atom is -0.439 e. The highest BCUT2D eigenvalue weighted by atomic mass is 32.1. The predicted octanol–water partition coefficient (Wildman–Crippen LogP) is 4.76. The lowest BCUT2D eigenvalue weighted by atomic mass is 9.91. The highest BCUT2D eigenvalue weighted by Gasteiger charge is 2.25. The molecular weight excluding hydrogens is 484 g/mol. The Hall–Kier alpha value is -3.95. The van der Waals surface area contributed by atoms with Crippen molar-refractivity contribution in [3.63, 3.8) is 0 Å². The Bertz CT molecular complexity index is 1670. The molecule has 0 aliphatic heterocycles. The van der Waals surface area contributed by atoms with Crippen molar-refractivity contribution < 1.29 is 9.53 Å². The number of ether oxygens (including phenoxy) is 1. The van der Waals surface area contributed by atoms with Crippen LogP contribution in [0.25, 0.3) is 33.5 Å². The monoisotopic (exact) mass is 512 g/mol. The first-order valence-corrected chi connectivity index (χ1v) is 13.2. The SMILES string of the molecule is C=c1[nH]c2c(C(=O)NC3CCCC(N)C3)sc3nccc(c32)n1-c1cnc(Oc2ccccc2)cc1C. The third-order valence-electron chi connectivity index (χ3n) is 6.87. The number of nitrogens with two attached hydrogens (primary N) is 1. The highest BCUT2D eigenvalue weighted by molar-refractivity contribution is 7.21. The molecule has 4 N–H and O–H groups in total. The first kappa shape index (κ1) is 23.4. The van der Waals surface area contributed by atoms with E-state index in [0.29, 0.717) is 16.2 Å². The number of pyridine rings is 2. The summed E-state index contributed by atoms with van der Waals surface area (Å²) in [5.41, 5.74) is 10.3. The number of aryl methyl sites for hydroxylation is 1. The van der Waals surface area contributed by atoms with Gasteiger partial charge in [0, 0.05) is 24.3 Å². The molecule has 5 aromatic rings. The lowest BCUT2D eigenvalue weighted by Gasteiger charge is -2.27. The average molecular weight is 513 g/mol. The van der Waals surface area contributed by atoms with Gasteiger partial charge in [-0.25, -0.2) is 9.97 Å². The molecule has 37 heavy (non-hydrogen) atoms. The number of thiophene rings is 1. The summed E-state index contributed by atoms with van der Waals surface area (Å²) >= 11 is 1.39. The van der Waals surface area contributed by atoms with Gasteiger partial charge in [0.1, 0.15) is 20.9 Å². The molecule has 1 aliphatic carbocycles. The molecule has 6 rings (SSSR count). The van der Waals surface area contributed by atoms with Crippen molar-refractivity contribution in [3.05, 3.63) is 70.8 Å². The van der Waals surface area contributed by atoms with Gasteiger partial charge in [-0.3, -0.25) is 9.36 Å². The maximum absolute atomic E-state index is 13.3. The van der Waals surface area contributed by atoms with Crippen LogP contribution in [0.3, 0.4) is 0 Å². The van der Waals surface area contributed by atoms with E-state index >= 15 is 0 Å². The Kier molecular flexibility index (Phi) is 6.02. The van der Waals surface area contributed by atoms with Crippen LogP contribution in [0.2, 0.25) is 0 Å². The van der Waals surface area contributed by atoms with Crippen molar-refractivity contribution in [3.8, 4) is 17.3 Å². The van der Waals surface area contributed by atoms with E-state index in [-0.39, 0.29) is 18.0 Å². The number of hydrogen-bond donors (Lipinski definition) is 3. The Morgan fingerprint density at radius 1 is 1.24 bits per heavy atom. The van der Waals surface area contributed by atoms with Crippen molar-refractivity contribution in [2.75, 3.05) is 0 Å². The highest BCUT2D eigenvalue weighted by Crippen LogP contribution is 2.34. The van der Waals surface area contributed by atoms with Crippen LogP contribution in [0.5, 0.6) is 11.6 Å². The van der Waals surface area contributed by atoms with Gasteiger partial charge in [0.25, 0.3) is 5.91 Å². The van der Waals surface area contributed by atoms with Crippen molar-refractivity contribution in [2.45, 2.75) is 44.7 Å². The number of aromatic nitrogens is 4. The summed E-state index contributed by atoms with van der Waals surface area (Å²) in [6.45, 7) is 6.30. The van der Waals surface area contributed by atoms with Gasteiger partial charge in [0.2, 0.25) is 5.88 Å². The quantitative estimate of drug-likeness (QED) is 0.315. The Morgan fingerprint density at radius 3 is 2.86 bits per heavy atom.